The SMILES string of the molecule is OC[C@H]1CN(C2CCN(c3ncccn3)CC2)C(Cc2ccc(Cl)cc2)CO1. The topological polar surface area (TPSA) is 61.7 Å². The lowest BCUT2D eigenvalue weighted by Gasteiger charge is -2.46. The van der Waals surface area contributed by atoms with Crippen LogP contribution in [0.3, 0.4) is 0 Å². The molecule has 1 aromatic carbocycles. The molecule has 0 saturated carbocycles. The zero-order valence-electron chi connectivity index (χ0n) is 16.0. The monoisotopic (exact) mass is 402 g/mol. The molecule has 0 radical (unpaired) electrons. The van der Waals surface area contributed by atoms with E-state index in [0.717, 1.165) is 49.9 Å². The number of nitrogens with zero attached hydrogens (tertiary/aromatic N) is 4. The van der Waals surface area contributed by atoms with Crippen LogP contribution < -0.4 is 4.90 Å². The summed E-state index contributed by atoms with van der Waals surface area (Å²) in [6, 6.07) is 10.7. The molecule has 0 bridgehead atoms. The maximum Gasteiger partial charge on any atom is 0.225 e. The van der Waals surface area contributed by atoms with Gasteiger partial charge in [0.25, 0.3) is 0 Å². The van der Waals surface area contributed by atoms with Crippen molar-refractivity contribution >= 4 is 17.5 Å². The molecule has 2 saturated heterocycles. The molecule has 2 aliphatic rings. The Labute approximate surface area is 171 Å². The second-order valence-electron chi connectivity index (χ2n) is 7.59. The first-order valence-electron chi connectivity index (χ1n) is 9.97. The Morgan fingerprint density at radius 3 is 2.50 bits per heavy atom. The summed E-state index contributed by atoms with van der Waals surface area (Å²) in [4.78, 5) is 13.6. The number of morpholine rings is 1. The third kappa shape index (κ3) is 4.63. The van der Waals surface area contributed by atoms with Crippen LogP contribution in [0, 0.1) is 0 Å². The highest BCUT2D eigenvalue weighted by Gasteiger charge is 2.35. The summed E-state index contributed by atoms with van der Waals surface area (Å²) in [5.74, 6) is 0.814. The molecule has 7 heteroatoms. The molecule has 2 atom stereocenters. The fourth-order valence-electron chi connectivity index (χ4n) is 4.26. The van der Waals surface area contributed by atoms with Crippen molar-refractivity contribution < 1.29 is 9.84 Å². The molecule has 0 amide bonds. The molecule has 3 heterocycles. The molecule has 6 nitrogen and oxygen atoms in total. The van der Waals surface area contributed by atoms with Crippen LogP contribution in [0.15, 0.2) is 42.7 Å². The van der Waals surface area contributed by atoms with Crippen LogP contribution in [0.5, 0.6) is 0 Å². The molecular weight excluding hydrogens is 376 g/mol. The van der Waals surface area contributed by atoms with Crippen LogP contribution in [0.25, 0.3) is 0 Å². The number of benzene rings is 1. The second kappa shape index (κ2) is 9.18. The predicted molar refractivity (Wildman–Crippen MR) is 110 cm³/mol. The first-order valence-corrected chi connectivity index (χ1v) is 10.4. The van der Waals surface area contributed by atoms with Gasteiger partial charge in [0.2, 0.25) is 5.95 Å². The zero-order chi connectivity index (χ0) is 19.3. The van der Waals surface area contributed by atoms with Gasteiger partial charge < -0.3 is 14.7 Å². The van der Waals surface area contributed by atoms with Gasteiger partial charge >= 0.3 is 0 Å². The van der Waals surface area contributed by atoms with Gasteiger partial charge in [-0.05, 0) is 43.0 Å². The molecule has 2 fully saturated rings. The van der Waals surface area contributed by atoms with Crippen LogP contribution in [-0.4, -0.2) is 71.0 Å². The van der Waals surface area contributed by atoms with E-state index in [9.17, 15) is 5.11 Å². The van der Waals surface area contributed by atoms with Gasteiger partial charge in [-0.3, -0.25) is 4.90 Å². The standard InChI is InChI=1S/C21H27ClN4O2/c22-17-4-2-16(3-5-17)12-19-15-28-20(14-27)13-26(19)18-6-10-25(11-7-18)21-23-8-1-9-24-21/h1-5,8-9,18-20,27H,6-7,10-15H2/t19?,20-/m1/s1. The summed E-state index contributed by atoms with van der Waals surface area (Å²) in [6.07, 6.45) is 6.55. The van der Waals surface area contributed by atoms with Gasteiger partial charge in [0.1, 0.15) is 0 Å². The summed E-state index contributed by atoms with van der Waals surface area (Å²) in [7, 11) is 0. The summed E-state index contributed by atoms with van der Waals surface area (Å²) in [5, 5.41) is 10.4. The van der Waals surface area contributed by atoms with Gasteiger partial charge in [0, 0.05) is 49.1 Å². The van der Waals surface area contributed by atoms with E-state index in [1.165, 1.54) is 5.56 Å². The molecule has 150 valence electrons. The highest BCUT2D eigenvalue weighted by atomic mass is 35.5. The van der Waals surface area contributed by atoms with Crippen molar-refractivity contribution in [2.45, 2.75) is 37.5 Å². The van der Waals surface area contributed by atoms with E-state index < -0.39 is 0 Å². The number of anilines is 1. The molecule has 4 rings (SSSR count). The van der Waals surface area contributed by atoms with Gasteiger partial charge in [0.05, 0.1) is 19.3 Å². The molecule has 2 aliphatic heterocycles. The first-order chi connectivity index (χ1) is 13.7. The summed E-state index contributed by atoms with van der Waals surface area (Å²) in [5.41, 5.74) is 1.26. The average Bonchev–Trinajstić information content (AvgIpc) is 2.76. The van der Waals surface area contributed by atoms with E-state index in [1.54, 1.807) is 12.4 Å². The molecule has 0 aliphatic carbocycles. The molecular formula is C21H27ClN4O2. The van der Waals surface area contributed by atoms with Crippen LogP contribution in [0.4, 0.5) is 5.95 Å². The minimum Gasteiger partial charge on any atom is -0.394 e. The van der Waals surface area contributed by atoms with Crippen molar-refractivity contribution in [2.75, 3.05) is 37.7 Å². The highest BCUT2D eigenvalue weighted by Crippen LogP contribution is 2.26. The van der Waals surface area contributed by atoms with Crippen molar-refractivity contribution in [3.8, 4) is 0 Å². The van der Waals surface area contributed by atoms with Crippen molar-refractivity contribution in [2.24, 2.45) is 0 Å². The van der Waals surface area contributed by atoms with Crippen molar-refractivity contribution in [1.29, 1.82) is 0 Å². The lowest BCUT2D eigenvalue weighted by Crippen LogP contribution is -2.57. The number of rotatable bonds is 5. The molecule has 2 aromatic rings. The Morgan fingerprint density at radius 1 is 1.11 bits per heavy atom. The lowest BCUT2D eigenvalue weighted by molar-refractivity contribution is -0.0979. The normalized spacial score (nSPS) is 24.4. The smallest absolute Gasteiger partial charge is 0.225 e. The van der Waals surface area contributed by atoms with Crippen molar-refractivity contribution in [1.82, 2.24) is 14.9 Å². The largest absolute Gasteiger partial charge is 0.394 e. The fraction of sp³-hybridized carbons (Fsp3) is 0.524. The minimum absolute atomic E-state index is 0.0703. The van der Waals surface area contributed by atoms with E-state index in [4.69, 9.17) is 16.3 Å². The quantitative estimate of drug-likeness (QED) is 0.828. The van der Waals surface area contributed by atoms with E-state index in [1.807, 2.05) is 18.2 Å². The van der Waals surface area contributed by atoms with Crippen molar-refractivity contribution in [3.63, 3.8) is 0 Å². The number of hydrogen-bond donors (Lipinski definition) is 1. The maximum atomic E-state index is 9.61. The Morgan fingerprint density at radius 2 is 1.82 bits per heavy atom. The van der Waals surface area contributed by atoms with Crippen LogP contribution in [-0.2, 0) is 11.2 Å². The zero-order valence-corrected chi connectivity index (χ0v) is 16.7. The molecule has 1 aromatic heterocycles. The van der Waals surface area contributed by atoms with E-state index in [0.29, 0.717) is 18.7 Å². The summed E-state index contributed by atoms with van der Waals surface area (Å²) >= 11 is 6.03. The van der Waals surface area contributed by atoms with Gasteiger partial charge in [0.15, 0.2) is 0 Å². The molecule has 28 heavy (non-hydrogen) atoms. The Hall–Kier alpha value is -1.73. The number of ether oxygens (including phenoxy) is 1. The number of hydrogen-bond acceptors (Lipinski definition) is 6. The Balaban J connectivity index is 1.42. The highest BCUT2D eigenvalue weighted by molar-refractivity contribution is 6.30. The predicted octanol–water partition coefficient (Wildman–Crippen LogP) is 2.40. The minimum atomic E-state index is -0.100. The number of aliphatic hydroxyl groups excluding tert-OH is 1. The molecule has 0 spiro atoms. The average molecular weight is 403 g/mol. The van der Waals surface area contributed by atoms with Gasteiger partial charge in [-0.2, -0.15) is 0 Å². The number of aliphatic hydroxyl groups is 1. The number of piperidine rings is 1. The molecule has 1 N–H and O–H groups in total. The van der Waals surface area contributed by atoms with Gasteiger partial charge in [-0.25, -0.2) is 9.97 Å². The molecule has 1 unspecified atom stereocenters. The third-order valence-electron chi connectivity index (χ3n) is 5.76. The van der Waals surface area contributed by atoms with Gasteiger partial charge in [-0.1, -0.05) is 23.7 Å². The van der Waals surface area contributed by atoms with E-state index in [2.05, 4.69) is 31.9 Å². The number of aromatic nitrogens is 2. The second-order valence-corrected chi connectivity index (χ2v) is 8.02. The van der Waals surface area contributed by atoms with Crippen molar-refractivity contribution in [3.05, 3.63) is 53.3 Å². The first kappa shape index (κ1) is 19.6. The van der Waals surface area contributed by atoms with Crippen LogP contribution in [0.1, 0.15) is 18.4 Å². The summed E-state index contributed by atoms with van der Waals surface area (Å²) in [6.45, 7) is 3.39. The van der Waals surface area contributed by atoms with Gasteiger partial charge in [-0.15, -0.1) is 0 Å². The Kier molecular flexibility index (Phi) is 6.42. The van der Waals surface area contributed by atoms with Crippen LogP contribution >= 0.6 is 11.6 Å². The Bertz CT molecular complexity index is 738. The lowest BCUT2D eigenvalue weighted by atomic mass is 9.96. The van der Waals surface area contributed by atoms with E-state index in [-0.39, 0.29) is 12.7 Å². The summed E-state index contributed by atoms with van der Waals surface area (Å²) < 4.78 is 5.90. The number of halogens is 1. The van der Waals surface area contributed by atoms with E-state index >= 15 is 0 Å². The van der Waals surface area contributed by atoms with Crippen LogP contribution in [0.2, 0.25) is 5.02 Å². The third-order valence-corrected chi connectivity index (χ3v) is 6.02. The fourth-order valence-corrected chi connectivity index (χ4v) is 4.38. The maximum absolute atomic E-state index is 9.61.